The summed E-state index contributed by atoms with van der Waals surface area (Å²) in [7, 11) is 0. The second kappa shape index (κ2) is 8.25. The number of anilines is 3. The summed E-state index contributed by atoms with van der Waals surface area (Å²) in [6, 6.07) is 17.3. The molecule has 1 atom stereocenters. The number of hydrogen-bond donors (Lipinski definition) is 1. The van der Waals surface area contributed by atoms with Crippen LogP contribution in [0.3, 0.4) is 0 Å². The van der Waals surface area contributed by atoms with Crippen LogP contribution in [0, 0.1) is 18.6 Å². The minimum absolute atomic E-state index is 0.0255. The zero-order chi connectivity index (χ0) is 24.0. The van der Waals surface area contributed by atoms with Gasteiger partial charge in [0.2, 0.25) is 16.7 Å². The molecule has 34 heavy (non-hydrogen) atoms. The van der Waals surface area contributed by atoms with Crippen LogP contribution >= 0.6 is 11.8 Å². The highest BCUT2D eigenvalue weighted by Gasteiger charge is 2.61. The molecule has 0 saturated carbocycles. The molecule has 2 aliphatic rings. The van der Waals surface area contributed by atoms with Crippen LogP contribution in [-0.4, -0.2) is 30.0 Å². The zero-order valence-electron chi connectivity index (χ0n) is 18.0. The molecule has 3 aromatic carbocycles. The average molecular weight is 480 g/mol. The summed E-state index contributed by atoms with van der Waals surface area (Å²) in [5.74, 6) is -3.50. The van der Waals surface area contributed by atoms with Crippen LogP contribution in [-0.2, 0) is 19.3 Å². The van der Waals surface area contributed by atoms with Gasteiger partial charge < -0.3 is 5.32 Å². The van der Waals surface area contributed by atoms with E-state index in [0.29, 0.717) is 16.9 Å². The Balaban J connectivity index is 1.53. The number of thioether (sulfide) groups is 1. The summed E-state index contributed by atoms with van der Waals surface area (Å²) >= 11 is 1.10. The highest BCUT2D eigenvalue weighted by Crippen LogP contribution is 2.55. The first-order valence-corrected chi connectivity index (χ1v) is 11.5. The third kappa shape index (κ3) is 3.35. The Morgan fingerprint density at radius 3 is 2.53 bits per heavy atom. The van der Waals surface area contributed by atoms with Crippen molar-refractivity contribution in [3.05, 3.63) is 89.5 Å². The van der Waals surface area contributed by atoms with E-state index >= 15 is 0 Å². The van der Waals surface area contributed by atoms with Crippen LogP contribution in [0.5, 0.6) is 0 Å². The van der Waals surface area contributed by atoms with Gasteiger partial charge in [-0.15, -0.1) is 11.8 Å². The molecule has 5 rings (SSSR count). The first-order valence-electron chi connectivity index (χ1n) is 10.5. The monoisotopic (exact) mass is 479 g/mol. The van der Waals surface area contributed by atoms with Gasteiger partial charge in [0.15, 0.2) is 11.6 Å². The van der Waals surface area contributed by atoms with Gasteiger partial charge in [-0.05, 0) is 36.8 Å². The molecule has 1 fully saturated rings. The Morgan fingerprint density at radius 1 is 1.03 bits per heavy atom. The summed E-state index contributed by atoms with van der Waals surface area (Å²) in [5, 5.41) is 2.82. The predicted octanol–water partition coefficient (Wildman–Crippen LogP) is 4.19. The molecule has 0 bridgehead atoms. The van der Waals surface area contributed by atoms with Crippen LogP contribution in [0.25, 0.3) is 0 Å². The summed E-state index contributed by atoms with van der Waals surface area (Å²) in [5.41, 5.74) is 2.59. The molecule has 1 N–H and O–H groups in total. The lowest BCUT2D eigenvalue weighted by Gasteiger charge is -2.33. The van der Waals surface area contributed by atoms with Gasteiger partial charge in [-0.1, -0.05) is 36.4 Å². The second-order valence-electron chi connectivity index (χ2n) is 8.03. The Kier molecular flexibility index (Phi) is 5.36. The minimum atomic E-state index is -1.51. The van der Waals surface area contributed by atoms with Gasteiger partial charge in [-0.25, -0.2) is 8.78 Å². The summed E-state index contributed by atoms with van der Waals surface area (Å²) in [6.07, 6.45) is 0. The molecule has 172 valence electrons. The van der Waals surface area contributed by atoms with Crippen molar-refractivity contribution < 1.29 is 23.2 Å². The van der Waals surface area contributed by atoms with Crippen molar-refractivity contribution in [2.75, 3.05) is 27.4 Å². The molecule has 2 aliphatic heterocycles. The number of amides is 3. The van der Waals surface area contributed by atoms with Crippen LogP contribution in [0.2, 0.25) is 0 Å². The fraction of sp³-hybridized carbons (Fsp3) is 0.160. The van der Waals surface area contributed by atoms with E-state index in [9.17, 15) is 23.2 Å². The maximum atomic E-state index is 14.0. The number of carbonyl (C=O) groups excluding carboxylic acids is 3. The maximum Gasteiger partial charge on any atom is 0.269 e. The Labute approximate surface area is 198 Å². The maximum absolute atomic E-state index is 14.0. The third-order valence-corrected chi connectivity index (χ3v) is 7.33. The topological polar surface area (TPSA) is 69.7 Å². The van der Waals surface area contributed by atoms with Crippen molar-refractivity contribution in [2.45, 2.75) is 11.8 Å². The number of hydrogen-bond acceptors (Lipinski definition) is 4. The lowest BCUT2D eigenvalue weighted by Crippen LogP contribution is -2.51. The van der Waals surface area contributed by atoms with Gasteiger partial charge in [-0.3, -0.25) is 24.2 Å². The Hall–Kier alpha value is -3.72. The van der Waals surface area contributed by atoms with E-state index in [1.807, 2.05) is 19.1 Å². The predicted molar refractivity (Wildman–Crippen MR) is 127 cm³/mol. The lowest BCUT2D eigenvalue weighted by atomic mass is 10.0. The normalized spacial score (nSPS) is 19.1. The van der Waals surface area contributed by atoms with Crippen LogP contribution < -0.4 is 15.1 Å². The van der Waals surface area contributed by atoms with Crippen molar-refractivity contribution in [1.29, 1.82) is 0 Å². The van der Waals surface area contributed by atoms with E-state index in [0.717, 1.165) is 29.5 Å². The van der Waals surface area contributed by atoms with Gasteiger partial charge in [0.25, 0.3) is 5.91 Å². The fourth-order valence-electron chi connectivity index (χ4n) is 4.38. The van der Waals surface area contributed by atoms with Crippen molar-refractivity contribution in [3.63, 3.8) is 0 Å². The number of fused-ring (bicyclic) bond motifs is 2. The van der Waals surface area contributed by atoms with E-state index in [2.05, 4.69) is 5.32 Å². The molecular formula is C25H19F2N3O3S. The van der Waals surface area contributed by atoms with Gasteiger partial charge in [-0.2, -0.15) is 0 Å². The average Bonchev–Trinajstić information content (AvgIpc) is 3.28. The molecule has 3 amide bonds. The van der Waals surface area contributed by atoms with Crippen LogP contribution in [0.4, 0.5) is 25.8 Å². The molecular weight excluding hydrogens is 460 g/mol. The van der Waals surface area contributed by atoms with Crippen molar-refractivity contribution in [2.24, 2.45) is 0 Å². The number of benzene rings is 3. The summed E-state index contributed by atoms with van der Waals surface area (Å²) in [6.45, 7) is 1.59. The molecule has 9 heteroatoms. The van der Waals surface area contributed by atoms with Crippen LogP contribution in [0.15, 0.2) is 66.7 Å². The first-order chi connectivity index (χ1) is 16.3. The zero-order valence-corrected chi connectivity index (χ0v) is 18.9. The van der Waals surface area contributed by atoms with Gasteiger partial charge in [0.05, 0.1) is 11.4 Å². The number of para-hydroxylation sites is 2. The molecule has 2 heterocycles. The van der Waals surface area contributed by atoms with Gasteiger partial charge >= 0.3 is 0 Å². The number of halogens is 2. The first kappa shape index (κ1) is 22.1. The molecule has 6 nitrogen and oxygen atoms in total. The number of aryl methyl sites for hydroxylation is 1. The molecule has 1 spiro atoms. The van der Waals surface area contributed by atoms with Crippen molar-refractivity contribution >= 4 is 46.5 Å². The van der Waals surface area contributed by atoms with Gasteiger partial charge in [0, 0.05) is 23.0 Å². The molecule has 0 radical (unpaired) electrons. The summed E-state index contributed by atoms with van der Waals surface area (Å²) in [4.78, 5) is 40.7. The highest BCUT2D eigenvalue weighted by atomic mass is 32.2. The molecule has 3 aromatic rings. The largest absolute Gasteiger partial charge is 0.324 e. The molecule has 0 aromatic heterocycles. The van der Waals surface area contributed by atoms with E-state index in [4.69, 9.17) is 0 Å². The van der Waals surface area contributed by atoms with Crippen LogP contribution in [0.1, 0.15) is 11.1 Å². The SMILES string of the molecule is Cc1ccccc1NC(=O)CN1C(=O)[C@@]2(SCC(=O)N2c2ccc(F)c(F)c2)c2ccccc21. The standard InChI is InChI=1S/C25H19F2N3O3S/c1-15-6-2-4-8-20(15)28-22(31)13-29-21-9-5-3-7-17(21)25(24(29)33)30(23(32)14-34-25)16-10-11-18(26)19(27)12-16/h2-12H,13-14H2,1H3,(H,28,31)/t25-/m0/s1. The molecule has 0 unspecified atom stereocenters. The highest BCUT2D eigenvalue weighted by molar-refractivity contribution is 8.02. The van der Waals surface area contributed by atoms with E-state index < -0.39 is 34.2 Å². The number of rotatable bonds is 4. The van der Waals surface area contributed by atoms with E-state index in [-0.39, 0.29) is 18.0 Å². The number of nitrogens with one attached hydrogen (secondary N) is 1. The second-order valence-corrected chi connectivity index (χ2v) is 9.20. The quantitative estimate of drug-likeness (QED) is 0.609. The number of nitrogens with zero attached hydrogens (tertiary/aromatic N) is 2. The number of carbonyl (C=O) groups is 3. The lowest BCUT2D eigenvalue weighted by molar-refractivity contribution is -0.124. The minimum Gasteiger partial charge on any atom is -0.324 e. The van der Waals surface area contributed by atoms with Crippen molar-refractivity contribution in [3.8, 4) is 0 Å². The van der Waals surface area contributed by atoms with Crippen molar-refractivity contribution in [1.82, 2.24) is 0 Å². The fourth-order valence-corrected chi connectivity index (χ4v) is 5.74. The van der Waals surface area contributed by atoms with E-state index in [1.165, 1.54) is 15.9 Å². The van der Waals surface area contributed by atoms with Gasteiger partial charge in [0.1, 0.15) is 6.54 Å². The smallest absolute Gasteiger partial charge is 0.269 e. The van der Waals surface area contributed by atoms with E-state index in [1.54, 1.807) is 36.4 Å². The Bertz CT molecular complexity index is 1350. The summed E-state index contributed by atoms with van der Waals surface area (Å²) < 4.78 is 27.6. The molecule has 1 saturated heterocycles. The molecule has 0 aliphatic carbocycles. The Morgan fingerprint density at radius 2 is 1.76 bits per heavy atom. The third-order valence-electron chi connectivity index (χ3n) is 5.95.